The van der Waals surface area contributed by atoms with Crippen LogP contribution < -0.4 is 0 Å². The van der Waals surface area contributed by atoms with Gasteiger partial charge in [-0.3, -0.25) is 19.2 Å². The van der Waals surface area contributed by atoms with Crippen molar-refractivity contribution in [3.63, 3.8) is 0 Å². The first-order valence-electron chi connectivity index (χ1n) is 12.5. The lowest BCUT2D eigenvalue weighted by atomic mass is 9.92. The molecule has 0 aromatic rings. The van der Waals surface area contributed by atoms with Crippen molar-refractivity contribution in [3.8, 4) is 0 Å². The van der Waals surface area contributed by atoms with Crippen molar-refractivity contribution in [2.24, 2.45) is 21.7 Å². The van der Waals surface area contributed by atoms with Crippen LogP contribution >= 0.6 is 0 Å². The van der Waals surface area contributed by atoms with Gasteiger partial charge in [-0.05, 0) is 83.1 Å². The van der Waals surface area contributed by atoms with Crippen LogP contribution in [-0.2, 0) is 52.4 Å². The summed E-state index contributed by atoms with van der Waals surface area (Å²) < 4.78 is 33.3. The Kier molecular flexibility index (Phi) is 10.2. The summed E-state index contributed by atoms with van der Waals surface area (Å²) in [5, 5.41) is 0. The molecule has 1 rings (SSSR count). The van der Waals surface area contributed by atoms with E-state index in [4.69, 9.17) is 28.4 Å². The highest BCUT2D eigenvalue weighted by Gasteiger charge is 2.58. The number of rotatable bonds is 5. The lowest BCUT2D eigenvalue weighted by Crippen LogP contribution is -2.65. The minimum Gasteiger partial charge on any atom is -0.467 e. The maximum absolute atomic E-state index is 13.1. The molecule has 0 spiro atoms. The molecule has 1 aliphatic rings. The van der Waals surface area contributed by atoms with Gasteiger partial charge in [-0.25, -0.2) is 4.79 Å². The topological polar surface area (TPSA) is 141 Å². The smallest absolute Gasteiger partial charge is 0.339 e. The minimum absolute atomic E-state index is 0.739. The number of esters is 5. The van der Waals surface area contributed by atoms with Gasteiger partial charge in [-0.1, -0.05) is 0 Å². The molecule has 0 amide bonds. The Balaban J connectivity index is 3.80. The largest absolute Gasteiger partial charge is 0.467 e. The molecule has 0 radical (unpaired) electrons. The van der Waals surface area contributed by atoms with Crippen molar-refractivity contribution in [2.45, 2.75) is 114 Å². The van der Waals surface area contributed by atoms with Crippen LogP contribution in [0.2, 0.25) is 0 Å². The maximum Gasteiger partial charge on any atom is 0.339 e. The molecule has 0 aliphatic carbocycles. The lowest BCUT2D eigenvalue weighted by molar-refractivity contribution is -0.300. The Morgan fingerprint density at radius 1 is 0.500 bits per heavy atom. The molecule has 38 heavy (non-hydrogen) atoms. The number of ether oxygens (including phenoxy) is 6. The lowest BCUT2D eigenvalue weighted by Gasteiger charge is -2.45. The van der Waals surface area contributed by atoms with Crippen molar-refractivity contribution in [1.82, 2.24) is 0 Å². The van der Waals surface area contributed by atoms with Crippen LogP contribution in [0.4, 0.5) is 0 Å². The predicted molar refractivity (Wildman–Crippen MR) is 134 cm³/mol. The summed E-state index contributed by atoms with van der Waals surface area (Å²) in [6.45, 7) is 19.1. The Hall–Kier alpha value is -2.69. The van der Waals surface area contributed by atoms with Crippen LogP contribution in [0.15, 0.2) is 0 Å². The van der Waals surface area contributed by atoms with E-state index in [9.17, 15) is 24.0 Å². The first kappa shape index (κ1) is 33.3. The summed E-state index contributed by atoms with van der Waals surface area (Å²) in [5.41, 5.74) is -4.08. The SMILES string of the molecule is COC(=O)[C@@H]1O[C@H](OC(=O)C(C)(C)C)[C@@H](OC(=O)C(C)(C)C)[C@H](OC(=O)C(C)(C)C)[C@H]1OC(=O)C(C)(C)C. The average molecular weight is 545 g/mol. The Bertz CT molecular complexity index is 909. The molecule has 11 heteroatoms. The third kappa shape index (κ3) is 8.68. The van der Waals surface area contributed by atoms with E-state index in [1.165, 1.54) is 0 Å². The highest BCUT2D eigenvalue weighted by Crippen LogP contribution is 2.35. The summed E-state index contributed by atoms with van der Waals surface area (Å²) in [6, 6.07) is 0. The molecule has 0 saturated carbocycles. The highest BCUT2D eigenvalue weighted by atomic mass is 16.8. The van der Waals surface area contributed by atoms with Crippen molar-refractivity contribution in [3.05, 3.63) is 0 Å². The van der Waals surface area contributed by atoms with E-state index >= 15 is 0 Å². The second-order valence-electron chi connectivity index (χ2n) is 13.5. The third-order valence-electron chi connectivity index (χ3n) is 5.33. The monoisotopic (exact) mass is 544 g/mol. The molecule has 1 aliphatic heterocycles. The van der Waals surface area contributed by atoms with E-state index in [0.29, 0.717) is 0 Å². The molecule has 0 N–H and O–H groups in total. The Labute approximate surface area is 225 Å². The molecule has 218 valence electrons. The molecule has 0 unspecified atom stereocenters. The zero-order valence-corrected chi connectivity index (χ0v) is 24.9. The van der Waals surface area contributed by atoms with Gasteiger partial charge in [0, 0.05) is 0 Å². The first-order valence-corrected chi connectivity index (χ1v) is 12.5. The van der Waals surface area contributed by atoms with Crippen LogP contribution in [0.1, 0.15) is 83.1 Å². The third-order valence-corrected chi connectivity index (χ3v) is 5.33. The summed E-state index contributed by atoms with van der Waals surface area (Å²) in [6.07, 6.45) is -8.14. The van der Waals surface area contributed by atoms with Gasteiger partial charge in [0.05, 0.1) is 28.8 Å². The van der Waals surface area contributed by atoms with Gasteiger partial charge in [0.25, 0.3) is 0 Å². The predicted octanol–water partition coefficient (Wildman–Crippen LogP) is 3.35. The van der Waals surface area contributed by atoms with Crippen LogP contribution in [-0.4, -0.2) is 67.7 Å². The zero-order chi connectivity index (χ0) is 30.0. The fraction of sp³-hybridized carbons (Fsp3) is 0.815. The Morgan fingerprint density at radius 3 is 1.16 bits per heavy atom. The fourth-order valence-electron chi connectivity index (χ4n) is 2.78. The summed E-state index contributed by atoms with van der Waals surface area (Å²) in [7, 11) is 1.09. The molecule has 11 nitrogen and oxygen atoms in total. The molecule has 0 aromatic carbocycles. The summed E-state index contributed by atoms with van der Waals surface area (Å²) in [4.78, 5) is 64.6. The standard InChI is InChI=1S/C27H44O11/c1-24(2,3)20(29)35-14-15(36-21(30)25(4,5)6)17(37-22(31)26(7,8)9)19(34-16(14)18(28)33-13)38-23(32)27(10,11)12/h14-17,19H,1-13H3/t14-,15-,16-,17+,19-/m1/s1. The van der Waals surface area contributed by atoms with Crippen molar-refractivity contribution >= 4 is 29.8 Å². The van der Waals surface area contributed by atoms with Crippen LogP contribution in [0, 0.1) is 21.7 Å². The molecule has 1 fully saturated rings. The van der Waals surface area contributed by atoms with Gasteiger partial charge in [0.2, 0.25) is 12.4 Å². The van der Waals surface area contributed by atoms with E-state index in [1.54, 1.807) is 83.1 Å². The number of hydrogen-bond acceptors (Lipinski definition) is 11. The van der Waals surface area contributed by atoms with E-state index in [1.807, 2.05) is 0 Å². The molecule has 0 aromatic heterocycles. The molecule has 1 heterocycles. The molecular formula is C27H44O11. The first-order chi connectivity index (χ1) is 16.9. The van der Waals surface area contributed by atoms with E-state index in [2.05, 4.69) is 0 Å². The molecule has 1 saturated heterocycles. The summed E-state index contributed by atoms with van der Waals surface area (Å²) >= 11 is 0. The number of hydrogen-bond donors (Lipinski definition) is 0. The van der Waals surface area contributed by atoms with Crippen LogP contribution in [0.25, 0.3) is 0 Å². The molecule has 5 atom stereocenters. The normalized spacial score (nSPS) is 24.6. The molecule has 0 bridgehead atoms. The Morgan fingerprint density at radius 2 is 0.816 bits per heavy atom. The number of carbonyl (C=O) groups is 5. The van der Waals surface area contributed by atoms with Crippen molar-refractivity contribution in [2.75, 3.05) is 7.11 Å². The van der Waals surface area contributed by atoms with Gasteiger partial charge in [-0.15, -0.1) is 0 Å². The summed E-state index contributed by atoms with van der Waals surface area (Å²) in [5.74, 6) is -3.96. The highest BCUT2D eigenvalue weighted by molar-refractivity contribution is 5.80. The van der Waals surface area contributed by atoms with E-state index in [-0.39, 0.29) is 0 Å². The maximum atomic E-state index is 13.1. The van der Waals surface area contributed by atoms with Crippen LogP contribution in [0.3, 0.4) is 0 Å². The van der Waals surface area contributed by atoms with Gasteiger partial charge in [-0.2, -0.15) is 0 Å². The number of carbonyl (C=O) groups excluding carboxylic acids is 5. The quantitative estimate of drug-likeness (QED) is 0.372. The average Bonchev–Trinajstić information content (AvgIpc) is 2.73. The van der Waals surface area contributed by atoms with E-state index in [0.717, 1.165) is 7.11 Å². The van der Waals surface area contributed by atoms with Gasteiger partial charge in [0.1, 0.15) is 0 Å². The van der Waals surface area contributed by atoms with Crippen LogP contribution in [0.5, 0.6) is 0 Å². The van der Waals surface area contributed by atoms with Crippen molar-refractivity contribution in [1.29, 1.82) is 0 Å². The van der Waals surface area contributed by atoms with Crippen molar-refractivity contribution < 1.29 is 52.4 Å². The van der Waals surface area contributed by atoms with Gasteiger partial charge < -0.3 is 28.4 Å². The number of methoxy groups -OCH3 is 1. The molecular weight excluding hydrogens is 500 g/mol. The second-order valence-corrected chi connectivity index (χ2v) is 13.5. The van der Waals surface area contributed by atoms with Gasteiger partial charge in [0.15, 0.2) is 18.3 Å². The van der Waals surface area contributed by atoms with Gasteiger partial charge >= 0.3 is 29.8 Å². The fourth-order valence-corrected chi connectivity index (χ4v) is 2.78. The minimum atomic E-state index is -1.69. The van der Waals surface area contributed by atoms with E-state index < -0.39 is 82.2 Å². The zero-order valence-electron chi connectivity index (χ0n) is 24.9. The second kappa shape index (κ2) is 11.6.